The number of benzene rings is 1. The van der Waals surface area contributed by atoms with Crippen LogP contribution < -0.4 is 10.1 Å². The summed E-state index contributed by atoms with van der Waals surface area (Å²) in [6, 6.07) is 5.97. The molecule has 2 aromatic rings. The summed E-state index contributed by atoms with van der Waals surface area (Å²) in [6.07, 6.45) is 1.13. The zero-order valence-electron chi connectivity index (χ0n) is 11.9. The molecule has 6 nitrogen and oxygen atoms in total. The number of rotatable bonds is 5. The second kappa shape index (κ2) is 6.97. The summed E-state index contributed by atoms with van der Waals surface area (Å²) in [5.41, 5.74) is 0.639. The number of nitrogens with one attached hydrogen (secondary N) is 1. The van der Waals surface area contributed by atoms with Gasteiger partial charge in [-0.3, -0.25) is 10.1 Å². The van der Waals surface area contributed by atoms with Crippen LogP contribution >= 0.6 is 11.5 Å². The fraction of sp³-hybridized carbons (Fsp3) is 0.357. The van der Waals surface area contributed by atoms with Crippen LogP contribution in [0.1, 0.15) is 12.8 Å². The van der Waals surface area contributed by atoms with Crippen LogP contribution in [-0.4, -0.2) is 34.6 Å². The summed E-state index contributed by atoms with van der Waals surface area (Å²) in [4.78, 5) is 16.1. The van der Waals surface area contributed by atoms with Gasteiger partial charge >= 0.3 is 6.61 Å². The second-order valence-corrected chi connectivity index (χ2v) is 5.57. The molecule has 1 N–H and O–H groups in total. The van der Waals surface area contributed by atoms with Gasteiger partial charge < -0.3 is 9.47 Å². The molecule has 0 bridgehead atoms. The van der Waals surface area contributed by atoms with E-state index in [2.05, 4.69) is 19.4 Å². The number of aromatic nitrogens is 2. The lowest BCUT2D eigenvalue weighted by Gasteiger charge is -2.07. The summed E-state index contributed by atoms with van der Waals surface area (Å²) in [6.45, 7) is -2.27. The first-order valence-corrected chi connectivity index (χ1v) is 7.70. The molecular formula is C14H13F2N3O3S. The van der Waals surface area contributed by atoms with E-state index in [1.54, 1.807) is 12.1 Å². The minimum absolute atomic E-state index is 0.0610. The van der Waals surface area contributed by atoms with E-state index in [-0.39, 0.29) is 11.7 Å². The third kappa shape index (κ3) is 3.99. The van der Waals surface area contributed by atoms with Gasteiger partial charge in [-0.05, 0) is 37.1 Å². The lowest BCUT2D eigenvalue weighted by atomic mass is 10.2. The van der Waals surface area contributed by atoms with Crippen LogP contribution in [-0.2, 0) is 9.53 Å². The van der Waals surface area contributed by atoms with Crippen molar-refractivity contribution in [3.63, 3.8) is 0 Å². The fourth-order valence-corrected chi connectivity index (χ4v) is 2.74. The number of nitrogens with zero attached hydrogens (tertiary/aromatic N) is 2. The number of alkyl halides is 2. The second-order valence-electron chi connectivity index (χ2n) is 4.82. The van der Waals surface area contributed by atoms with E-state index in [1.165, 1.54) is 12.1 Å². The van der Waals surface area contributed by atoms with Crippen molar-refractivity contribution in [2.45, 2.75) is 25.6 Å². The molecule has 1 saturated heterocycles. The zero-order valence-corrected chi connectivity index (χ0v) is 12.7. The van der Waals surface area contributed by atoms with Gasteiger partial charge in [-0.15, -0.1) is 0 Å². The molecule has 1 unspecified atom stereocenters. The third-order valence-electron chi connectivity index (χ3n) is 3.22. The van der Waals surface area contributed by atoms with E-state index in [9.17, 15) is 13.6 Å². The van der Waals surface area contributed by atoms with Crippen molar-refractivity contribution >= 4 is 22.6 Å². The number of carbonyl (C=O) groups excluding carboxylic acids is 1. The molecule has 1 amide bonds. The number of ether oxygens (including phenoxy) is 2. The van der Waals surface area contributed by atoms with Gasteiger partial charge in [0.15, 0.2) is 5.82 Å². The molecule has 1 aromatic carbocycles. The average Bonchev–Trinajstić information content (AvgIpc) is 3.18. The lowest BCUT2D eigenvalue weighted by Crippen LogP contribution is -2.26. The SMILES string of the molecule is O=C(Nc1nc(-c2ccc(OC(F)F)cc2)ns1)C1CCCO1. The van der Waals surface area contributed by atoms with E-state index < -0.39 is 12.7 Å². The van der Waals surface area contributed by atoms with E-state index in [0.717, 1.165) is 18.0 Å². The molecule has 2 heterocycles. The predicted octanol–water partition coefficient (Wildman–Crippen LogP) is 2.92. The molecule has 1 aliphatic rings. The highest BCUT2D eigenvalue weighted by molar-refractivity contribution is 7.10. The standard InChI is InChI=1S/C14H13F2N3O3S/c15-13(16)22-9-5-3-8(4-6-9)11-17-14(23-19-11)18-12(20)10-2-1-7-21-10/h3-6,10,13H,1-2,7H2,(H,17,18,19,20). The molecule has 0 spiro atoms. The molecule has 1 aromatic heterocycles. The van der Waals surface area contributed by atoms with Gasteiger partial charge in [0, 0.05) is 23.7 Å². The van der Waals surface area contributed by atoms with Crippen molar-refractivity contribution in [3.05, 3.63) is 24.3 Å². The first kappa shape index (κ1) is 15.8. The highest BCUT2D eigenvalue weighted by Crippen LogP contribution is 2.24. The third-order valence-corrected chi connectivity index (χ3v) is 3.85. The van der Waals surface area contributed by atoms with Gasteiger partial charge in [0.2, 0.25) is 5.13 Å². The quantitative estimate of drug-likeness (QED) is 0.905. The van der Waals surface area contributed by atoms with Crippen LogP contribution in [0.3, 0.4) is 0 Å². The van der Waals surface area contributed by atoms with Gasteiger partial charge in [-0.2, -0.15) is 18.1 Å². The Morgan fingerprint density at radius 2 is 2.17 bits per heavy atom. The molecule has 1 aliphatic heterocycles. The summed E-state index contributed by atoms with van der Waals surface area (Å²) >= 11 is 1.05. The fourth-order valence-electron chi connectivity index (χ4n) is 2.15. The number of hydrogen-bond donors (Lipinski definition) is 1. The molecule has 122 valence electrons. The summed E-state index contributed by atoms with van der Waals surface area (Å²) in [5.74, 6) is 0.234. The van der Waals surface area contributed by atoms with Gasteiger partial charge in [-0.25, -0.2) is 0 Å². The van der Waals surface area contributed by atoms with E-state index >= 15 is 0 Å². The first-order chi connectivity index (χ1) is 11.1. The average molecular weight is 341 g/mol. The highest BCUT2D eigenvalue weighted by atomic mass is 32.1. The maximum absolute atomic E-state index is 12.1. The molecule has 1 fully saturated rings. The predicted molar refractivity (Wildman–Crippen MR) is 79.6 cm³/mol. The van der Waals surface area contributed by atoms with Gasteiger partial charge in [-0.1, -0.05) is 0 Å². The van der Waals surface area contributed by atoms with Crippen LogP contribution in [0.15, 0.2) is 24.3 Å². The Balaban J connectivity index is 1.65. The molecule has 23 heavy (non-hydrogen) atoms. The minimum atomic E-state index is -2.86. The summed E-state index contributed by atoms with van der Waals surface area (Å²) in [5, 5.41) is 3.04. The maximum atomic E-state index is 12.1. The van der Waals surface area contributed by atoms with Crippen molar-refractivity contribution in [1.29, 1.82) is 0 Å². The monoisotopic (exact) mass is 341 g/mol. The molecule has 0 saturated carbocycles. The summed E-state index contributed by atoms with van der Waals surface area (Å²) < 4.78 is 37.9. The zero-order chi connectivity index (χ0) is 16.2. The minimum Gasteiger partial charge on any atom is -0.435 e. The van der Waals surface area contributed by atoms with Crippen LogP contribution in [0.25, 0.3) is 11.4 Å². The number of carbonyl (C=O) groups is 1. The topological polar surface area (TPSA) is 73.3 Å². The van der Waals surface area contributed by atoms with Crippen molar-refractivity contribution in [2.24, 2.45) is 0 Å². The molecule has 0 aliphatic carbocycles. The van der Waals surface area contributed by atoms with Crippen molar-refractivity contribution in [2.75, 3.05) is 11.9 Å². The Bertz CT molecular complexity index is 672. The van der Waals surface area contributed by atoms with E-state index in [0.29, 0.717) is 29.5 Å². The first-order valence-electron chi connectivity index (χ1n) is 6.93. The summed E-state index contributed by atoms with van der Waals surface area (Å²) in [7, 11) is 0. The number of anilines is 1. The largest absolute Gasteiger partial charge is 0.435 e. The Labute approximate surface area is 134 Å². The molecule has 9 heteroatoms. The lowest BCUT2D eigenvalue weighted by molar-refractivity contribution is -0.124. The molecule has 1 atom stereocenters. The normalized spacial score (nSPS) is 17.4. The highest BCUT2D eigenvalue weighted by Gasteiger charge is 2.24. The van der Waals surface area contributed by atoms with Crippen LogP contribution in [0.2, 0.25) is 0 Å². The van der Waals surface area contributed by atoms with Crippen LogP contribution in [0.5, 0.6) is 5.75 Å². The van der Waals surface area contributed by atoms with Crippen molar-refractivity contribution in [1.82, 2.24) is 9.36 Å². The Hall–Kier alpha value is -2.13. The molecule has 3 rings (SSSR count). The molecular weight excluding hydrogens is 328 g/mol. The van der Waals surface area contributed by atoms with Gasteiger partial charge in [0.1, 0.15) is 11.9 Å². The Morgan fingerprint density at radius 3 is 2.83 bits per heavy atom. The number of amides is 1. The van der Waals surface area contributed by atoms with Crippen molar-refractivity contribution < 1.29 is 23.0 Å². The molecule has 0 radical (unpaired) electrons. The Morgan fingerprint density at radius 1 is 1.39 bits per heavy atom. The maximum Gasteiger partial charge on any atom is 0.387 e. The van der Waals surface area contributed by atoms with Crippen molar-refractivity contribution in [3.8, 4) is 17.1 Å². The van der Waals surface area contributed by atoms with Gasteiger partial charge in [0.25, 0.3) is 5.91 Å². The van der Waals surface area contributed by atoms with E-state index in [4.69, 9.17) is 4.74 Å². The van der Waals surface area contributed by atoms with Crippen LogP contribution in [0.4, 0.5) is 13.9 Å². The van der Waals surface area contributed by atoms with Gasteiger partial charge in [0.05, 0.1) is 0 Å². The smallest absolute Gasteiger partial charge is 0.387 e. The Kier molecular flexibility index (Phi) is 4.77. The number of halogens is 2. The van der Waals surface area contributed by atoms with Crippen LogP contribution in [0, 0.1) is 0 Å². The number of hydrogen-bond acceptors (Lipinski definition) is 6. The van der Waals surface area contributed by atoms with E-state index in [1.807, 2.05) is 0 Å².